The fourth-order valence-electron chi connectivity index (χ4n) is 4.07. The van der Waals surface area contributed by atoms with Crippen molar-refractivity contribution in [3.63, 3.8) is 0 Å². The average molecular weight is 431 g/mol. The third kappa shape index (κ3) is 3.81. The Bertz CT molecular complexity index is 1260. The lowest BCUT2D eigenvalue weighted by Gasteiger charge is -2.19. The predicted molar refractivity (Wildman–Crippen MR) is 124 cm³/mol. The number of rotatable bonds is 6. The fourth-order valence-corrected chi connectivity index (χ4v) is 4.07. The van der Waals surface area contributed by atoms with Gasteiger partial charge in [-0.1, -0.05) is 0 Å². The molecule has 1 aliphatic heterocycles. The van der Waals surface area contributed by atoms with E-state index in [9.17, 15) is 0 Å². The van der Waals surface area contributed by atoms with Crippen LogP contribution in [-0.4, -0.2) is 49.4 Å². The smallest absolute Gasteiger partial charge is 0.227 e. The van der Waals surface area contributed by atoms with Gasteiger partial charge in [-0.3, -0.25) is 0 Å². The van der Waals surface area contributed by atoms with Crippen LogP contribution in [0.1, 0.15) is 25.5 Å². The van der Waals surface area contributed by atoms with Gasteiger partial charge in [0.1, 0.15) is 17.6 Å². The Kier molecular flexibility index (Phi) is 5.30. The van der Waals surface area contributed by atoms with Gasteiger partial charge in [0.25, 0.3) is 0 Å². The minimum Gasteiger partial charge on any atom is -0.492 e. The van der Waals surface area contributed by atoms with Crippen molar-refractivity contribution < 1.29 is 4.74 Å². The molecule has 0 bridgehead atoms. The summed E-state index contributed by atoms with van der Waals surface area (Å²) >= 11 is 0. The first-order valence-corrected chi connectivity index (χ1v) is 10.9. The van der Waals surface area contributed by atoms with Gasteiger partial charge in [-0.2, -0.15) is 0 Å². The molecule has 3 aromatic heterocycles. The van der Waals surface area contributed by atoms with Gasteiger partial charge in [0.2, 0.25) is 5.95 Å². The van der Waals surface area contributed by atoms with Crippen molar-refractivity contribution in [3.05, 3.63) is 42.5 Å². The summed E-state index contributed by atoms with van der Waals surface area (Å²) < 4.78 is 7.77. The minimum atomic E-state index is 0.510. The number of nitrogens with one attached hydrogen (secondary N) is 1. The maximum absolute atomic E-state index is 5.90. The summed E-state index contributed by atoms with van der Waals surface area (Å²) in [6.45, 7) is 6.53. The highest BCUT2D eigenvalue weighted by Gasteiger charge is 2.19. The molecule has 0 saturated carbocycles. The van der Waals surface area contributed by atoms with E-state index in [-0.39, 0.29) is 0 Å². The molecule has 1 N–H and O–H groups in total. The minimum absolute atomic E-state index is 0.510. The van der Waals surface area contributed by atoms with Gasteiger partial charge in [-0.25, -0.2) is 15.0 Å². The topological polar surface area (TPSA) is 93.9 Å². The fraction of sp³-hybridized carbons (Fsp3) is 0.348. The van der Waals surface area contributed by atoms with E-state index in [1.54, 1.807) is 6.33 Å². The third-order valence-corrected chi connectivity index (χ3v) is 5.58. The lowest BCUT2D eigenvalue weighted by Crippen LogP contribution is -2.20. The average Bonchev–Trinajstić information content (AvgIpc) is 3.47. The van der Waals surface area contributed by atoms with E-state index in [4.69, 9.17) is 14.7 Å². The number of anilines is 3. The molecule has 4 heterocycles. The summed E-state index contributed by atoms with van der Waals surface area (Å²) in [6, 6.07) is 7.92. The second kappa shape index (κ2) is 8.41. The first-order chi connectivity index (χ1) is 15.6. The van der Waals surface area contributed by atoms with Crippen LogP contribution in [0.3, 0.4) is 0 Å². The van der Waals surface area contributed by atoms with Gasteiger partial charge in [0.05, 0.1) is 12.3 Å². The van der Waals surface area contributed by atoms with Crippen molar-refractivity contribution in [2.45, 2.75) is 26.7 Å². The van der Waals surface area contributed by atoms with E-state index in [2.05, 4.69) is 25.4 Å². The molecule has 164 valence electrons. The van der Waals surface area contributed by atoms with Gasteiger partial charge in [-0.15, -0.1) is 10.2 Å². The zero-order chi connectivity index (χ0) is 22.1. The van der Waals surface area contributed by atoms with E-state index in [1.165, 1.54) is 12.8 Å². The lowest BCUT2D eigenvalue weighted by molar-refractivity contribution is 0.342. The Morgan fingerprint density at radius 2 is 1.97 bits per heavy atom. The highest BCUT2D eigenvalue weighted by Crippen LogP contribution is 2.33. The molecule has 1 aliphatic rings. The Labute approximate surface area is 186 Å². The molecule has 0 unspecified atom stereocenters. The highest BCUT2D eigenvalue weighted by atomic mass is 16.5. The number of aromatic nitrogens is 6. The van der Waals surface area contributed by atoms with Crippen LogP contribution in [0.2, 0.25) is 0 Å². The maximum atomic E-state index is 5.90. The van der Waals surface area contributed by atoms with Crippen molar-refractivity contribution in [1.82, 2.24) is 29.7 Å². The molecule has 0 atom stereocenters. The number of pyridine rings is 1. The summed E-state index contributed by atoms with van der Waals surface area (Å²) in [4.78, 5) is 16.5. The van der Waals surface area contributed by atoms with Crippen LogP contribution in [-0.2, 0) is 7.05 Å². The van der Waals surface area contributed by atoms with E-state index < -0.39 is 0 Å². The summed E-state index contributed by atoms with van der Waals surface area (Å²) in [6.07, 6.45) is 5.90. The van der Waals surface area contributed by atoms with E-state index in [0.717, 1.165) is 52.6 Å². The van der Waals surface area contributed by atoms with Crippen molar-refractivity contribution in [3.8, 4) is 17.1 Å². The van der Waals surface area contributed by atoms with Gasteiger partial charge < -0.3 is 19.5 Å². The monoisotopic (exact) mass is 430 g/mol. The number of fused-ring (bicyclic) bond motifs is 1. The van der Waals surface area contributed by atoms with E-state index in [0.29, 0.717) is 18.3 Å². The summed E-state index contributed by atoms with van der Waals surface area (Å²) in [5.41, 5.74) is 3.56. The van der Waals surface area contributed by atoms with Crippen LogP contribution in [0.5, 0.6) is 5.75 Å². The molecule has 4 aromatic rings. The zero-order valence-corrected chi connectivity index (χ0v) is 18.5. The SMILES string of the molecule is CCOc1cc(-c2nncn2C)ccc1Nc1ncc2cc(C)nc(N3CCCC3)c2n1. The molecule has 0 amide bonds. The number of ether oxygens (including phenoxy) is 1. The molecular formula is C23H26N8O. The quantitative estimate of drug-likeness (QED) is 0.493. The highest BCUT2D eigenvalue weighted by molar-refractivity contribution is 5.89. The van der Waals surface area contributed by atoms with Crippen molar-refractivity contribution in [1.29, 1.82) is 0 Å². The first-order valence-electron chi connectivity index (χ1n) is 10.9. The van der Waals surface area contributed by atoms with Gasteiger partial charge in [0, 0.05) is 43.0 Å². The number of hydrogen-bond donors (Lipinski definition) is 1. The molecule has 0 radical (unpaired) electrons. The zero-order valence-electron chi connectivity index (χ0n) is 18.5. The van der Waals surface area contributed by atoms with Crippen LogP contribution in [0.15, 0.2) is 36.8 Å². The number of aryl methyl sites for hydroxylation is 2. The largest absolute Gasteiger partial charge is 0.492 e. The number of hydrogen-bond acceptors (Lipinski definition) is 8. The summed E-state index contributed by atoms with van der Waals surface area (Å²) in [5.74, 6) is 2.93. The molecule has 9 nitrogen and oxygen atoms in total. The third-order valence-electron chi connectivity index (χ3n) is 5.58. The number of benzene rings is 1. The van der Waals surface area contributed by atoms with Gasteiger partial charge in [-0.05, 0) is 51.0 Å². The Morgan fingerprint density at radius 3 is 2.72 bits per heavy atom. The Hall–Kier alpha value is -3.75. The normalized spacial score (nSPS) is 13.7. The van der Waals surface area contributed by atoms with Crippen molar-refractivity contribution in [2.24, 2.45) is 7.05 Å². The summed E-state index contributed by atoms with van der Waals surface area (Å²) in [5, 5.41) is 12.5. The van der Waals surface area contributed by atoms with E-state index >= 15 is 0 Å². The van der Waals surface area contributed by atoms with Crippen molar-refractivity contribution in [2.75, 3.05) is 29.9 Å². The molecule has 9 heteroatoms. The Balaban J connectivity index is 1.51. The molecule has 1 saturated heterocycles. The maximum Gasteiger partial charge on any atom is 0.227 e. The van der Waals surface area contributed by atoms with Crippen LogP contribution in [0, 0.1) is 6.92 Å². The number of nitrogens with zero attached hydrogens (tertiary/aromatic N) is 7. The van der Waals surface area contributed by atoms with Gasteiger partial charge >= 0.3 is 0 Å². The lowest BCUT2D eigenvalue weighted by atomic mass is 10.1. The predicted octanol–water partition coefficient (Wildman–Crippen LogP) is 3.87. The Morgan fingerprint density at radius 1 is 1.12 bits per heavy atom. The molecule has 32 heavy (non-hydrogen) atoms. The van der Waals surface area contributed by atoms with Crippen LogP contribution in [0.4, 0.5) is 17.5 Å². The van der Waals surface area contributed by atoms with Crippen LogP contribution >= 0.6 is 0 Å². The standard InChI is InChI=1S/C23H26N8O/c1-4-32-19-12-16(21-29-25-14-30(21)3)7-8-18(19)27-23-24-13-17-11-15(2)26-22(20(17)28-23)31-9-5-6-10-31/h7-8,11-14H,4-6,9-10H2,1-3H3,(H,24,27,28). The van der Waals surface area contributed by atoms with Crippen LogP contribution in [0.25, 0.3) is 22.3 Å². The molecule has 1 fully saturated rings. The second-order valence-corrected chi connectivity index (χ2v) is 7.95. The first kappa shape index (κ1) is 20.2. The van der Waals surface area contributed by atoms with Crippen molar-refractivity contribution >= 4 is 28.4 Å². The van der Waals surface area contributed by atoms with E-state index in [1.807, 2.05) is 55.9 Å². The molecular weight excluding hydrogens is 404 g/mol. The molecule has 0 aliphatic carbocycles. The second-order valence-electron chi connectivity index (χ2n) is 7.95. The molecule has 1 aromatic carbocycles. The van der Waals surface area contributed by atoms with Gasteiger partial charge in [0.15, 0.2) is 11.6 Å². The molecule has 5 rings (SSSR count). The van der Waals surface area contributed by atoms with Crippen LogP contribution < -0.4 is 15.0 Å². The summed E-state index contributed by atoms with van der Waals surface area (Å²) in [7, 11) is 1.92. The molecule has 0 spiro atoms.